The van der Waals surface area contributed by atoms with Crippen molar-refractivity contribution >= 4 is 51.7 Å². The van der Waals surface area contributed by atoms with Gasteiger partial charge in [-0.15, -0.1) is 11.3 Å². The number of Topliss-reactive ketones (excluding diaryl/α,β-unsaturated/α-hetero) is 1. The molecule has 2 saturated heterocycles. The number of carbonyl (C=O) groups excluding carboxylic acids is 4. The lowest BCUT2D eigenvalue weighted by atomic mass is 10.0. The number of nitrogens with zero attached hydrogens (tertiary/aromatic N) is 3. The van der Waals surface area contributed by atoms with Crippen LogP contribution in [0, 0.1) is 5.41 Å². The van der Waals surface area contributed by atoms with Gasteiger partial charge in [0.1, 0.15) is 6.04 Å². The van der Waals surface area contributed by atoms with E-state index < -0.39 is 24.0 Å². The van der Waals surface area contributed by atoms with E-state index in [4.69, 9.17) is 16.9 Å². The van der Waals surface area contributed by atoms with Gasteiger partial charge in [-0.25, -0.2) is 4.98 Å². The third-order valence-corrected chi connectivity index (χ3v) is 8.64. The van der Waals surface area contributed by atoms with Crippen LogP contribution in [0.2, 0.25) is 0 Å². The van der Waals surface area contributed by atoms with E-state index in [-0.39, 0.29) is 41.2 Å². The lowest BCUT2D eigenvalue weighted by Crippen LogP contribution is -2.62. The summed E-state index contributed by atoms with van der Waals surface area (Å²) in [5, 5.41) is 15.8. The monoisotopic (exact) mass is 593 g/mol. The summed E-state index contributed by atoms with van der Waals surface area (Å²) in [5.74, 6) is -1.49. The van der Waals surface area contributed by atoms with Gasteiger partial charge in [0, 0.05) is 41.8 Å². The predicted molar refractivity (Wildman–Crippen MR) is 158 cm³/mol. The number of para-hydroxylation sites is 1. The molecule has 2 aliphatic rings. The molecule has 0 aliphatic carbocycles. The molecular weight excluding hydrogens is 558 g/mol. The van der Waals surface area contributed by atoms with E-state index in [0.717, 1.165) is 16.5 Å². The van der Waals surface area contributed by atoms with Crippen molar-refractivity contribution in [3.63, 3.8) is 0 Å². The van der Waals surface area contributed by atoms with Crippen LogP contribution in [0.4, 0.5) is 0 Å². The average Bonchev–Trinajstić information content (AvgIpc) is 3.74. The van der Waals surface area contributed by atoms with E-state index in [1.165, 1.54) is 22.4 Å². The number of nitrogens with one attached hydrogen (secondary N) is 4. The molecule has 4 heterocycles. The molecule has 0 radical (unpaired) electrons. The Bertz CT molecular complexity index is 1470. The minimum absolute atomic E-state index is 0.154. The molecule has 3 aromatic rings. The molecule has 2 aromatic heterocycles. The number of benzene rings is 1. The number of aromatic nitrogens is 2. The Labute approximate surface area is 246 Å². The second-order valence-electron chi connectivity index (χ2n) is 10.7. The van der Waals surface area contributed by atoms with Crippen molar-refractivity contribution in [1.82, 2.24) is 30.4 Å². The lowest BCUT2D eigenvalue weighted by Gasteiger charge is -2.40. The van der Waals surface area contributed by atoms with Gasteiger partial charge < -0.3 is 36.9 Å². The van der Waals surface area contributed by atoms with Gasteiger partial charge in [0.2, 0.25) is 23.5 Å². The Balaban J connectivity index is 1.20. The number of piperazine rings is 1. The van der Waals surface area contributed by atoms with Crippen molar-refractivity contribution in [3.05, 3.63) is 52.6 Å². The van der Waals surface area contributed by atoms with Crippen molar-refractivity contribution in [1.29, 1.82) is 5.41 Å². The van der Waals surface area contributed by atoms with Crippen LogP contribution in [0.15, 0.2) is 42.0 Å². The minimum Gasteiger partial charge on any atom is -0.370 e. The van der Waals surface area contributed by atoms with E-state index in [1.54, 1.807) is 10.3 Å². The normalized spacial score (nSPS) is 19.8. The molecular formula is C28H35N9O4S. The quantitative estimate of drug-likeness (QED) is 0.0789. The summed E-state index contributed by atoms with van der Waals surface area (Å²) in [6, 6.07) is 5.11. The summed E-state index contributed by atoms with van der Waals surface area (Å²) in [6.45, 7) is 0.516. The minimum atomic E-state index is -0.836. The molecule has 222 valence electrons. The molecule has 0 saturated carbocycles. The fraction of sp³-hybridized carbons (Fsp3) is 0.429. The van der Waals surface area contributed by atoms with Crippen LogP contribution in [-0.2, 0) is 20.8 Å². The first-order valence-electron chi connectivity index (χ1n) is 14.0. The van der Waals surface area contributed by atoms with E-state index in [0.29, 0.717) is 45.2 Å². The number of aromatic amines is 1. The maximum atomic E-state index is 13.4. The number of nitrogens with two attached hydrogens (primary N) is 2. The van der Waals surface area contributed by atoms with Gasteiger partial charge in [-0.2, -0.15) is 0 Å². The van der Waals surface area contributed by atoms with Gasteiger partial charge >= 0.3 is 0 Å². The van der Waals surface area contributed by atoms with E-state index in [1.807, 2.05) is 30.5 Å². The number of ketones is 1. The van der Waals surface area contributed by atoms with Crippen LogP contribution < -0.4 is 22.1 Å². The Morgan fingerprint density at radius 2 is 2.05 bits per heavy atom. The number of hydrogen-bond donors (Lipinski definition) is 6. The van der Waals surface area contributed by atoms with E-state index in [9.17, 15) is 19.2 Å². The first kappa shape index (κ1) is 29.2. The number of guanidine groups is 1. The number of hydrogen-bond acceptors (Lipinski definition) is 8. The maximum Gasteiger partial charge on any atom is 0.243 e. The van der Waals surface area contributed by atoms with E-state index >= 15 is 0 Å². The molecule has 4 atom stereocenters. The van der Waals surface area contributed by atoms with Crippen molar-refractivity contribution in [3.8, 4) is 0 Å². The van der Waals surface area contributed by atoms with Crippen LogP contribution in [0.1, 0.15) is 41.0 Å². The summed E-state index contributed by atoms with van der Waals surface area (Å²) in [5.41, 5.74) is 13.6. The SMILES string of the molecule is N=C(N)NCCCC(NC(=O)C1CCC2CN(C(=O)C(N)Cc3c[nH]c4ccccc34)CC(=O)N21)C(=O)c1nccs1. The molecule has 14 heteroatoms. The zero-order valence-corrected chi connectivity index (χ0v) is 23.9. The van der Waals surface area contributed by atoms with E-state index in [2.05, 4.69) is 20.6 Å². The van der Waals surface area contributed by atoms with Crippen LogP contribution in [0.5, 0.6) is 0 Å². The number of thiazole rings is 1. The predicted octanol–water partition coefficient (Wildman–Crippen LogP) is 0.327. The standard InChI is InChI=1S/C28H35N9O4S/c29-19(12-16-13-34-20-5-2-1-4-18(16)20)27(41)36-14-17-7-8-22(37(17)23(38)15-36)25(40)35-21(6-3-9-33-28(30)31)24(39)26-32-10-11-42-26/h1-2,4-5,10-11,13,17,19,21-22,34H,3,6-9,12,14-15,29H2,(H,35,40)(H4,30,31,33). The van der Waals surface area contributed by atoms with Gasteiger partial charge in [0.05, 0.1) is 24.7 Å². The zero-order chi connectivity index (χ0) is 29.8. The zero-order valence-electron chi connectivity index (χ0n) is 23.0. The number of H-pyrrole nitrogens is 1. The highest BCUT2D eigenvalue weighted by molar-refractivity contribution is 7.11. The number of fused-ring (bicyclic) bond motifs is 2. The lowest BCUT2D eigenvalue weighted by molar-refractivity contribution is -0.151. The van der Waals surface area contributed by atoms with Crippen molar-refractivity contribution in [2.24, 2.45) is 11.5 Å². The molecule has 4 unspecified atom stereocenters. The molecule has 2 fully saturated rings. The van der Waals surface area contributed by atoms with Crippen molar-refractivity contribution in [2.75, 3.05) is 19.6 Å². The third-order valence-electron chi connectivity index (χ3n) is 7.86. The molecule has 5 rings (SSSR count). The summed E-state index contributed by atoms with van der Waals surface area (Å²) in [6.07, 6.45) is 5.49. The first-order chi connectivity index (χ1) is 20.2. The molecule has 8 N–H and O–H groups in total. The maximum absolute atomic E-state index is 13.4. The molecule has 13 nitrogen and oxygen atoms in total. The molecule has 0 spiro atoms. The highest BCUT2D eigenvalue weighted by Crippen LogP contribution is 2.29. The highest BCUT2D eigenvalue weighted by Gasteiger charge is 2.46. The van der Waals surface area contributed by atoms with Gasteiger partial charge in [0.15, 0.2) is 11.0 Å². The summed E-state index contributed by atoms with van der Waals surface area (Å²) in [7, 11) is 0. The first-order valence-corrected chi connectivity index (χ1v) is 14.8. The van der Waals surface area contributed by atoms with Crippen LogP contribution in [-0.4, -0.2) is 93.0 Å². The van der Waals surface area contributed by atoms with Crippen LogP contribution >= 0.6 is 11.3 Å². The summed E-state index contributed by atoms with van der Waals surface area (Å²) >= 11 is 1.19. The Kier molecular flexibility index (Phi) is 8.83. The summed E-state index contributed by atoms with van der Waals surface area (Å²) in [4.78, 5) is 63.5. The molecule has 1 aromatic carbocycles. The van der Waals surface area contributed by atoms with Crippen LogP contribution in [0.3, 0.4) is 0 Å². The Morgan fingerprint density at radius 1 is 1.24 bits per heavy atom. The summed E-state index contributed by atoms with van der Waals surface area (Å²) < 4.78 is 0. The third kappa shape index (κ3) is 6.29. The fourth-order valence-corrected chi connectivity index (χ4v) is 6.48. The average molecular weight is 594 g/mol. The molecule has 2 aliphatic heterocycles. The second-order valence-corrected chi connectivity index (χ2v) is 11.6. The number of rotatable bonds is 11. The Morgan fingerprint density at radius 3 is 2.81 bits per heavy atom. The van der Waals surface area contributed by atoms with Gasteiger partial charge in [0.25, 0.3) is 0 Å². The highest BCUT2D eigenvalue weighted by atomic mass is 32.1. The Hall–Kier alpha value is -4.30. The largest absolute Gasteiger partial charge is 0.370 e. The molecule has 42 heavy (non-hydrogen) atoms. The fourth-order valence-electron chi connectivity index (χ4n) is 5.85. The second kappa shape index (κ2) is 12.7. The van der Waals surface area contributed by atoms with Crippen LogP contribution in [0.25, 0.3) is 10.9 Å². The molecule has 3 amide bonds. The smallest absolute Gasteiger partial charge is 0.243 e. The number of carbonyl (C=O) groups is 4. The van der Waals surface area contributed by atoms with Gasteiger partial charge in [-0.3, -0.25) is 24.6 Å². The van der Waals surface area contributed by atoms with Gasteiger partial charge in [-0.1, -0.05) is 18.2 Å². The topological polar surface area (TPSA) is 203 Å². The molecule has 0 bridgehead atoms. The van der Waals surface area contributed by atoms with Gasteiger partial charge in [-0.05, 0) is 43.7 Å². The number of amides is 3. The van der Waals surface area contributed by atoms with Crippen molar-refractivity contribution < 1.29 is 19.2 Å². The van der Waals surface area contributed by atoms with Crippen molar-refractivity contribution in [2.45, 2.75) is 56.3 Å².